The summed E-state index contributed by atoms with van der Waals surface area (Å²) in [6.07, 6.45) is 7.37. The first kappa shape index (κ1) is 8.75. The number of nitrogens with zero attached hydrogens (tertiary/aromatic N) is 1. The number of piperidine rings is 1. The van der Waals surface area contributed by atoms with Crippen LogP contribution in [0.15, 0.2) is 0 Å². The van der Waals surface area contributed by atoms with Crippen molar-refractivity contribution in [3.63, 3.8) is 0 Å². The molecular formula is C12H19NO. The Morgan fingerprint density at radius 1 is 1.07 bits per heavy atom. The van der Waals surface area contributed by atoms with E-state index < -0.39 is 0 Å². The van der Waals surface area contributed by atoms with Gasteiger partial charge in [0.05, 0.1) is 0 Å². The van der Waals surface area contributed by atoms with E-state index in [1.165, 1.54) is 25.7 Å². The Bertz CT molecular complexity index is 245. The Labute approximate surface area is 85.7 Å². The van der Waals surface area contributed by atoms with Crippen molar-refractivity contribution in [2.45, 2.75) is 57.5 Å². The fraction of sp³-hybridized carbons (Fsp3) is 0.917. The van der Waals surface area contributed by atoms with Crippen LogP contribution in [-0.2, 0) is 4.79 Å². The largest absolute Gasteiger partial charge is 0.336 e. The van der Waals surface area contributed by atoms with E-state index in [-0.39, 0.29) is 0 Å². The van der Waals surface area contributed by atoms with E-state index in [9.17, 15) is 4.79 Å². The predicted molar refractivity (Wildman–Crippen MR) is 54.8 cm³/mol. The summed E-state index contributed by atoms with van der Waals surface area (Å²) in [5, 5.41) is 0. The number of hydrogen-bond acceptors (Lipinski definition) is 1. The molecule has 0 aromatic heterocycles. The first-order valence-corrected chi connectivity index (χ1v) is 6.08. The van der Waals surface area contributed by atoms with Crippen LogP contribution in [0.2, 0.25) is 0 Å². The summed E-state index contributed by atoms with van der Waals surface area (Å²) in [6, 6.07) is 1.22. The van der Waals surface area contributed by atoms with Crippen LogP contribution < -0.4 is 0 Å². The fourth-order valence-electron chi connectivity index (χ4n) is 3.35. The Morgan fingerprint density at radius 2 is 1.64 bits per heavy atom. The molecule has 1 saturated carbocycles. The highest BCUT2D eigenvalue weighted by Gasteiger charge is 2.45. The standard InChI is InChI=1S/C12H19NO/c1-8-6-10-4-5-11(7-8)13(10)12(14)9-2-3-9/h8-11H,2-7H2,1H3. The molecule has 2 nitrogen and oxygen atoms in total. The lowest BCUT2D eigenvalue weighted by Crippen LogP contribution is -2.46. The van der Waals surface area contributed by atoms with Crippen LogP contribution in [-0.4, -0.2) is 22.9 Å². The van der Waals surface area contributed by atoms with Crippen molar-refractivity contribution in [1.82, 2.24) is 4.90 Å². The molecule has 78 valence electrons. The molecule has 0 aromatic rings. The van der Waals surface area contributed by atoms with Gasteiger partial charge < -0.3 is 4.90 Å². The third-order valence-corrected chi connectivity index (χ3v) is 4.15. The number of fused-ring (bicyclic) bond motifs is 2. The maximum Gasteiger partial charge on any atom is 0.226 e. The lowest BCUT2D eigenvalue weighted by molar-refractivity contribution is -0.137. The molecule has 2 heteroatoms. The minimum absolute atomic E-state index is 0.423. The molecule has 2 atom stereocenters. The molecule has 2 aliphatic heterocycles. The zero-order chi connectivity index (χ0) is 9.71. The Balaban J connectivity index is 1.77. The molecular weight excluding hydrogens is 174 g/mol. The molecule has 0 N–H and O–H groups in total. The quantitative estimate of drug-likeness (QED) is 0.625. The highest BCUT2D eigenvalue weighted by molar-refractivity contribution is 5.82. The minimum atomic E-state index is 0.423. The van der Waals surface area contributed by atoms with Crippen molar-refractivity contribution < 1.29 is 4.79 Å². The average Bonchev–Trinajstić information content (AvgIpc) is 2.92. The topological polar surface area (TPSA) is 20.3 Å². The van der Waals surface area contributed by atoms with Crippen LogP contribution in [0.5, 0.6) is 0 Å². The Hall–Kier alpha value is -0.530. The average molecular weight is 193 g/mol. The third-order valence-electron chi connectivity index (χ3n) is 4.15. The number of carbonyl (C=O) groups is 1. The summed E-state index contributed by atoms with van der Waals surface area (Å²) < 4.78 is 0. The van der Waals surface area contributed by atoms with Gasteiger partial charge in [0.15, 0.2) is 0 Å². The first-order valence-electron chi connectivity index (χ1n) is 6.08. The molecule has 0 spiro atoms. The molecule has 3 aliphatic rings. The predicted octanol–water partition coefficient (Wildman–Crippen LogP) is 2.19. The number of rotatable bonds is 1. The smallest absolute Gasteiger partial charge is 0.226 e. The zero-order valence-corrected chi connectivity index (χ0v) is 8.91. The van der Waals surface area contributed by atoms with Crippen molar-refractivity contribution in [2.24, 2.45) is 11.8 Å². The highest BCUT2D eigenvalue weighted by Crippen LogP contribution is 2.42. The van der Waals surface area contributed by atoms with E-state index in [0.717, 1.165) is 18.8 Å². The molecule has 2 bridgehead atoms. The van der Waals surface area contributed by atoms with Gasteiger partial charge in [-0.15, -0.1) is 0 Å². The van der Waals surface area contributed by atoms with Gasteiger partial charge in [0.25, 0.3) is 0 Å². The van der Waals surface area contributed by atoms with Crippen LogP contribution in [0, 0.1) is 11.8 Å². The van der Waals surface area contributed by atoms with E-state index in [2.05, 4.69) is 11.8 Å². The lowest BCUT2D eigenvalue weighted by Gasteiger charge is -2.38. The van der Waals surface area contributed by atoms with Gasteiger partial charge in [0.2, 0.25) is 5.91 Å². The van der Waals surface area contributed by atoms with Crippen LogP contribution in [0.3, 0.4) is 0 Å². The Morgan fingerprint density at radius 3 is 2.14 bits per heavy atom. The van der Waals surface area contributed by atoms with Gasteiger partial charge in [0.1, 0.15) is 0 Å². The van der Waals surface area contributed by atoms with E-state index in [1.54, 1.807) is 0 Å². The van der Waals surface area contributed by atoms with Gasteiger partial charge >= 0.3 is 0 Å². The third kappa shape index (κ3) is 1.27. The monoisotopic (exact) mass is 193 g/mol. The maximum absolute atomic E-state index is 12.1. The van der Waals surface area contributed by atoms with E-state index in [4.69, 9.17) is 0 Å². The van der Waals surface area contributed by atoms with Gasteiger partial charge in [0, 0.05) is 18.0 Å². The number of amides is 1. The van der Waals surface area contributed by atoms with Gasteiger partial charge in [-0.05, 0) is 44.4 Å². The molecule has 3 fully saturated rings. The molecule has 1 amide bonds. The summed E-state index contributed by atoms with van der Waals surface area (Å²) in [4.78, 5) is 14.3. The molecule has 2 saturated heterocycles. The fourth-order valence-corrected chi connectivity index (χ4v) is 3.35. The molecule has 1 aliphatic carbocycles. The lowest BCUT2D eigenvalue weighted by atomic mass is 9.92. The molecule has 2 heterocycles. The van der Waals surface area contributed by atoms with E-state index >= 15 is 0 Å². The maximum atomic E-state index is 12.1. The van der Waals surface area contributed by atoms with Crippen LogP contribution in [0.25, 0.3) is 0 Å². The van der Waals surface area contributed by atoms with Crippen molar-refractivity contribution >= 4 is 5.91 Å². The van der Waals surface area contributed by atoms with Gasteiger partial charge in [-0.25, -0.2) is 0 Å². The van der Waals surface area contributed by atoms with E-state index in [1.807, 2.05) is 0 Å². The summed E-state index contributed by atoms with van der Waals surface area (Å²) in [6.45, 7) is 2.34. The Kier molecular flexibility index (Phi) is 1.86. The minimum Gasteiger partial charge on any atom is -0.336 e. The van der Waals surface area contributed by atoms with Crippen LogP contribution in [0.1, 0.15) is 45.4 Å². The SMILES string of the molecule is CC1CC2CCC(C1)N2C(=O)C1CC1. The van der Waals surface area contributed by atoms with Crippen molar-refractivity contribution in [2.75, 3.05) is 0 Å². The van der Waals surface area contributed by atoms with Crippen molar-refractivity contribution in [3.8, 4) is 0 Å². The second-order valence-corrected chi connectivity index (χ2v) is 5.48. The molecule has 14 heavy (non-hydrogen) atoms. The van der Waals surface area contributed by atoms with Crippen LogP contribution >= 0.6 is 0 Å². The number of carbonyl (C=O) groups excluding carboxylic acids is 1. The summed E-state index contributed by atoms with van der Waals surface area (Å²) in [5.41, 5.74) is 0. The van der Waals surface area contributed by atoms with Gasteiger partial charge in [-0.2, -0.15) is 0 Å². The first-order chi connectivity index (χ1) is 6.75. The zero-order valence-electron chi connectivity index (χ0n) is 8.91. The normalized spacial score (nSPS) is 41.5. The molecule has 0 radical (unpaired) electrons. The second-order valence-electron chi connectivity index (χ2n) is 5.48. The second kappa shape index (κ2) is 2.98. The molecule has 3 rings (SSSR count). The van der Waals surface area contributed by atoms with Crippen LogP contribution in [0.4, 0.5) is 0 Å². The number of hydrogen-bond donors (Lipinski definition) is 0. The summed E-state index contributed by atoms with van der Waals surface area (Å²) >= 11 is 0. The highest BCUT2D eigenvalue weighted by atomic mass is 16.2. The van der Waals surface area contributed by atoms with Crippen molar-refractivity contribution in [1.29, 1.82) is 0 Å². The molecule has 0 aromatic carbocycles. The summed E-state index contributed by atoms with van der Waals surface area (Å²) in [7, 11) is 0. The van der Waals surface area contributed by atoms with Gasteiger partial charge in [-0.3, -0.25) is 4.79 Å². The van der Waals surface area contributed by atoms with Gasteiger partial charge in [-0.1, -0.05) is 6.92 Å². The van der Waals surface area contributed by atoms with Crippen molar-refractivity contribution in [3.05, 3.63) is 0 Å². The summed E-state index contributed by atoms with van der Waals surface area (Å²) in [5.74, 6) is 1.76. The molecule has 2 unspecified atom stereocenters. The van der Waals surface area contributed by atoms with E-state index in [0.29, 0.717) is 23.9 Å².